The van der Waals surface area contributed by atoms with Crippen LogP contribution < -0.4 is 24.8 Å². The van der Waals surface area contributed by atoms with Gasteiger partial charge in [-0.25, -0.2) is 24.3 Å². The number of piperidine rings is 1. The zero-order chi connectivity index (χ0) is 47.6. The van der Waals surface area contributed by atoms with E-state index in [1.54, 1.807) is 44.6 Å². The topological polar surface area (TPSA) is 194 Å². The number of ether oxygens (including phenoxy) is 3. The number of nitrogens with zero attached hydrogens (tertiary/aromatic N) is 10. The number of azo groups is 1. The Labute approximate surface area is 392 Å². The van der Waals surface area contributed by atoms with Gasteiger partial charge in [-0.2, -0.15) is 10.2 Å². The number of amides is 3. The molecule has 68 heavy (non-hydrogen) atoms. The summed E-state index contributed by atoms with van der Waals surface area (Å²) in [5.74, 6) is 1.42. The van der Waals surface area contributed by atoms with Crippen molar-refractivity contribution in [1.82, 2.24) is 44.5 Å². The summed E-state index contributed by atoms with van der Waals surface area (Å²) in [6.45, 7) is 13.6. The van der Waals surface area contributed by atoms with Gasteiger partial charge in [0.2, 0.25) is 23.5 Å². The third kappa shape index (κ3) is 9.44. The van der Waals surface area contributed by atoms with E-state index in [-0.39, 0.29) is 48.9 Å². The van der Waals surface area contributed by atoms with Crippen LogP contribution in [0, 0.1) is 19.7 Å². The van der Waals surface area contributed by atoms with E-state index in [2.05, 4.69) is 64.0 Å². The third-order valence-corrected chi connectivity index (χ3v) is 12.6. The Morgan fingerprint density at radius 1 is 0.912 bits per heavy atom. The number of anilines is 2. The van der Waals surface area contributed by atoms with Gasteiger partial charge in [0.25, 0.3) is 5.91 Å². The lowest BCUT2D eigenvalue weighted by Crippen LogP contribution is -2.52. The second kappa shape index (κ2) is 19.5. The predicted octanol–water partition coefficient (Wildman–Crippen LogP) is 7.36. The number of fused-ring (bicyclic) bond motifs is 2. The van der Waals surface area contributed by atoms with E-state index in [0.29, 0.717) is 64.3 Å². The number of methoxy groups -OCH3 is 2. The van der Waals surface area contributed by atoms with Crippen LogP contribution in [0.15, 0.2) is 77.2 Å². The van der Waals surface area contributed by atoms with Gasteiger partial charge in [-0.3, -0.25) is 29.5 Å². The molecule has 3 aliphatic rings. The first kappa shape index (κ1) is 45.8. The summed E-state index contributed by atoms with van der Waals surface area (Å²) in [7, 11) is 3.09. The van der Waals surface area contributed by atoms with Crippen molar-refractivity contribution in [2.24, 2.45) is 10.2 Å². The van der Waals surface area contributed by atoms with E-state index < -0.39 is 17.8 Å². The van der Waals surface area contributed by atoms with Gasteiger partial charge in [-0.05, 0) is 75.6 Å². The summed E-state index contributed by atoms with van der Waals surface area (Å²) in [5, 5.41) is 14.4. The number of rotatable bonds is 15. The fourth-order valence-electron chi connectivity index (χ4n) is 9.15. The molecule has 3 aromatic heterocycles. The Balaban J connectivity index is 0.763. The number of aryl methyl sites for hydroxylation is 2. The minimum absolute atomic E-state index is 0.173. The zero-order valence-corrected chi connectivity index (χ0v) is 38.9. The number of carbonyl (C=O) groups is 3. The maximum absolute atomic E-state index is 15.2. The number of benzene rings is 3. The van der Waals surface area contributed by atoms with E-state index in [4.69, 9.17) is 19.2 Å². The number of hydrogen-bond donors (Lipinski definition) is 2. The fourth-order valence-corrected chi connectivity index (χ4v) is 9.15. The van der Waals surface area contributed by atoms with Crippen molar-refractivity contribution in [3.05, 3.63) is 101 Å². The van der Waals surface area contributed by atoms with Gasteiger partial charge < -0.3 is 29.0 Å². The largest absolute Gasteiger partial charge is 0.493 e. The molecule has 352 valence electrons. The molecule has 2 N–H and O–H groups in total. The van der Waals surface area contributed by atoms with Crippen LogP contribution in [-0.4, -0.2) is 117 Å². The molecule has 3 aliphatic heterocycles. The van der Waals surface area contributed by atoms with Crippen molar-refractivity contribution < 1.29 is 33.0 Å². The lowest BCUT2D eigenvalue weighted by Gasteiger charge is -2.34. The predicted molar refractivity (Wildman–Crippen MR) is 252 cm³/mol. The molecule has 0 spiro atoms. The van der Waals surface area contributed by atoms with E-state index in [9.17, 15) is 14.4 Å². The monoisotopic (exact) mass is 924 g/mol. The first-order valence-electron chi connectivity index (χ1n) is 22.6. The van der Waals surface area contributed by atoms with Gasteiger partial charge in [0.15, 0.2) is 17.3 Å². The fraction of sp³-hybridized carbons (Fsp3) is 0.367. The maximum atomic E-state index is 15.2. The highest BCUT2D eigenvalue weighted by molar-refractivity contribution is 6.06. The summed E-state index contributed by atoms with van der Waals surface area (Å²) in [6.07, 6.45) is 3.46. The highest BCUT2D eigenvalue weighted by Crippen LogP contribution is 2.42. The van der Waals surface area contributed by atoms with Crippen LogP contribution in [0.2, 0.25) is 0 Å². The summed E-state index contributed by atoms with van der Waals surface area (Å²) in [6, 6.07) is 15.8. The van der Waals surface area contributed by atoms with Gasteiger partial charge >= 0.3 is 0 Å². The number of piperazine rings is 1. The molecule has 18 nitrogen and oxygen atoms in total. The van der Waals surface area contributed by atoms with E-state index in [1.807, 2.05) is 44.3 Å². The van der Waals surface area contributed by atoms with Crippen molar-refractivity contribution in [3.63, 3.8) is 0 Å². The number of imide groups is 1. The Bertz CT molecular complexity index is 2910. The lowest BCUT2D eigenvalue weighted by atomic mass is 10.0. The van der Waals surface area contributed by atoms with Crippen LogP contribution in [0.3, 0.4) is 0 Å². The van der Waals surface area contributed by atoms with Gasteiger partial charge in [0.1, 0.15) is 30.0 Å². The highest BCUT2D eigenvalue weighted by Gasteiger charge is 2.40. The second-order valence-electron chi connectivity index (χ2n) is 17.4. The normalized spacial score (nSPS) is 16.8. The quantitative estimate of drug-likeness (QED) is 0.0767. The molecule has 6 aromatic rings. The SMILES string of the molecule is COc1cc(N=Nc2cccc3c2CN(C2CCC(=O)NC2=O)C3=O)cc(OC)c1OCCN1CCN(Cc2ccc(Nc3ncc(F)c(-c4cc(C)c5nc(C)n(C(C)C)c5c4)n3)nc2)CC1. The third-order valence-electron chi connectivity index (χ3n) is 12.6. The number of halogens is 1. The van der Waals surface area contributed by atoms with Crippen molar-refractivity contribution >= 4 is 51.9 Å². The van der Waals surface area contributed by atoms with Crippen LogP contribution in [-0.2, 0) is 22.7 Å². The summed E-state index contributed by atoms with van der Waals surface area (Å²) >= 11 is 0. The highest BCUT2D eigenvalue weighted by atomic mass is 19.1. The van der Waals surface area contributed by atoms with E-state index in [0.717, 1.165) is 60.7 Å². The molecule has 1 atom stereocenters. The molecule has 0 radical (unpaired) electrons. The molecule has 2 fully saturated rings. The first-order chi connectivity index (χ1) is 32.9. The van der Waals surface area contributed by atoms with Crippen LogP contribution in [0.5, 0.6) is 17.2 Å². The van der Waals surface area contributed by atoms with E-state index >= 15 is 4.39 Å². The number of imidazole rings is 1. The average Bonchev–Trinajstić information content (AvgIpc) is 3.86. The Morgan fingerprint density at radius 3 is 2.38 bits per heavy atom. The first-order valence-corrected chi connectivity index (χ1v) is 22.6. The molecule has 9 rings (SSSR count). The van der Waals surface area contributed by atoms with Crippen LogP contribution in [0.1, 0.15) is 65.6 Å². The molecule has 2 saturated heterocycles. The van der Waals surface area contributed by atoms with Crippen molar-refractivity contribution in [2.75, 3.05) is 58.9 Å². The molecule has 0 bridgehead atoms. The second-order valence-corrected chi connectivity index (χ2v) is 17.4. The number of aromatic nitrogens is 5. The number of nitrogens with one attached hydrogen (secondary N) is 2. The van der Waals surface area contributed by atoms with Crippen molar-refractivity contribution in [3.8, 4) is 28.5 Å². The average molecular weight is 925 g/mol. The zero-order valence-electron chi connectivity index (χ0n) is 38.9. The van der Waals surface area contributed by atoms with Gasteiger partial charge in [0.05, 0.1) is 42.8 Å². The molecular formula is C49H53FN12O6. The van der Waals surface area contributed by atoms with E-state index in [1.165, 1.54) is 11.1 Å². The molecule has 19 heteroatoms. The number of carbonyl (C=O) groups excluding carboxylic acids is 3. The summed E-state index contributed by atoms with van der Waals surface area (Å²) < 4.78 is 35.0. The minimum Gasteiger partial charge on any atom is -0.493 e. The van der Waals surface area contributed by atoms with Crippen LogP contribution in [0.4, 0.5) is 27.5 Å². The minimum atomic E-state index is -0.728. The summed E-state index contributed by atoms with van der Waals surface area (Å²) in [4.78, 5) is 61.9. The van der Waals surface area contributed by atoms with Gasteiger partial charge in [0, 0.05) is 93.3 Å². The standard InChI is InChI=1S/C49H53FN12O6/c1-28(2)62-30(4)53-44-29(3)20-32(21-39(44)62)45-36(50)25-52-49(56-45)54-42-12-10-31(24-51-42)26-60-16-14-59(15-17-60)18-19-68-46-40(66-5)22-33(23-41(46)67-6)57-58-37-9-7-8-34-35(37)27-61(48(34)65)38-11-13-43(63)55-47(38)64/h7-10,12,20-25,28,38H,11,13-19,26-27H2,1-6H3,(H,55,63,64)(H,51,52,54,56). The molecule has 0 aliphatic carbocycles. The molecule has 3 aromatic carbocycles. The van der Waals surface area contributed by atoms with Crippen LogP contribution >= 0.6 is 0 Å². The van der Waals surface area contributed by atoms with Crippen molar-refractivity contribution in [2.45, 2.75) is 65.7 Å². The van der Waals surface area contributed by atoms with Gasteiger partial charge in [-0.1, -0.05) is 12.1 Å². The van der Waals surface area contributed by atoms with Crippen molar-refractivity contribution in [1.29, 1.82) is 0 Å². The Hall–Kier alpha value is -7.38. The summed E-state index contributed by atoms with van der Waals surface area (Å²) in [5.41, 5.74) is 6.76. The Morgan fingerprint density at radius 2 is 1.68 bits per heavy atom. The molecule has 3 amide bonds. The molecule has 6 heterocycles. The molecule has 0 saturated carbocycles. The molecule has 1 unspecified atom stereocenters. The lowest BCUT2D eigenvalue weighted by molar-refractivity contribution is -0.136. The maximum Gasteiger partial charge on any atom is 0.255 e. The Kier molecular flexibility index (Phi) is 13.1. The smallest absolute Gasteiger partial charge is 0.255 e. The van der Waals surface area contributed by atoms with Gasteiger partial charge in [-0.15, -0.1) is 0 Å². The molecular weight excluding hydrogens is 872 g/mol. The number of hydrogen-bond acceptors (Lipinski definition) is 15. The number of pyridine rings is 1. The van der Waals surface area contributed by atoms with Crippen LogP contribution in [0.25, 0.3) is 22.3 Å².